The zero-order chi connectivity index (χ0) is 14.9. The molecule has 20 heavy (non-hydrogen) atoms. The van der Waals surface area contributed by atoms with Crippen molar-refractivity contribution in [1.29, 1.82) is 0 Å². The Kier molecular flexibility index (Phi) is 4.28. The number of pyridine rings is 1. The number of rotatable bonds is 3. The molecule has 0 aliphatic rings. The van der Waals surface area contributed by atoms with E-state index in [0.717, 1.165) is 0 Å². The van der Waals surface area contributed by atoms with E-state index >= 15 is 0 Å². The predicted octanol–water partition coefficient (Wildman–Crippen LogP) is 1.96. The Morgan fingerprint density at radius 1 is 1.30 bits per heavy atom. The highest BCUT2D eigenvalue weighted by molar-refractivity contribution is 6.60. The van der Waals surface area contributed by atoms with Crippen molar-refractivity contribution in [2.45, 2.75) is 13.8 Å². The van der Waals surface area contributed by atoms with E-state index in [-0.39, 0.29) is 17.2 Å². The normalized spacial score (nSPS) is 10.5. The summed E-state index contributed by atoms with van der Waals surface area (Å²) in [6.07, 6.45) is 1.36. The molecule has 0 aliphatic carbocycles. The summed E-state index contributed by atoms with van der Waals surface area (Å²) in [6.45, 7) is 3.30. The van der Waals surface area contributed by atoms with E-state index in [2.05, 4.69) is 4.98 Å². The van der Waals surface area contributed by atoms with Crippen molar-refractivity contribution in [2.75, 3.05) is 0 Å². The van der Waals surface area contributed by atoms with Gasteiger partial charge in [-0.05, 0) is 43.2 Å². The van der Waals surface area contributed by atoms with Gasteiger partial charge in [-0.25, -0.2) is 9.37 Å². The topological polar surface area (TPSA) is 62.6 Å². The monoisotopic (exact) mass is 295 g/mol. The Hall–Kier alpha value is -1.63. The first-order valence-corrected chi connectivity index (χ1v) is 6.23. The Morgan fingerprint density at radius 3 is 2.60 bits per heavy atom. The molecule has 4 nitrogen and oxygen atoms in total. The molecule has 0 amide bonds. The van der Waals surface area contributed by atoms with Gasteiger partial charge in [0.15, 0.2) is 0 Å². The van der Waals surface area contributed by atoms with Gasteiger partial charge in [0, 0.05) is 11.7 Å². The van der Waals surface area contributed by atoms with Gasteiger partial charge in [-0.2, -0.15) is 0 Å². The molecule has 0 unspecified atom stereocenters. The molecule has 0 spiro atoms. The maximum absolute atomic E-state index is 13.0. The Morgan fingerprint density at radius 2 is 2.00 bits per heavy atom. The van der Waals surface area contributed by atoms with Crippen LogP contribution in [0.15, 0.2) is 24.4 Å². The number of hydrogen-bond donors (Lipinski definition) is 2. The van der Waals surface area contributed by atoms with Crippen molar-refractivity contribution in [3.8, 4) is 11.6 Å². The highest BCUT2D eigenvalue weighted by Crippen LogP contribution is 2.25. The van der Waals surface area contributed by atoms with Crippen molar-refractivity contribution in [1.82, 2.24) is 4.98 Å². The molecule has 2 rings (SSSR count). The summed E-state index contributed by atoms with van der Waals surface area (Å²) < 4.78 is 18.6. The largest absolute Gasteiger partial charge is 0.494 e. The molecule has 7 heteroatoms. The summed E-state index contributed by atoms with van der Waals surface area (Å²) in [4.78, 5) is 3.95. The van der Waals surface area contributed by atoms with Crippen LogP contribution in [0.5, 0.6) is 11.6 Å². The minimum absolute atomic E-state index is 0.0246. The number of nitrogens with zero attached hydrogens (tertiary/aromatic N) is 1. The number of ether oxygens (including phenoxy) is 1. The lowest BCUT2D eigenvalue weighted by atomic mass is 9.78. The number of hydrogen-bond acceptors (Lipinski definition) is 4. The molecule has 0 saturated heterocycles. The highest BCUT2D eigenvalue weighted by atomic mass is 35.5. The second-order valence-corrected chi connectivity index (χ2v) is 4.74. The summed E-state index contributed by atoms with van der Waals surface area (Å²) in [5, 5.41) is 19.1. The molecule has 0 saturated carbocycles. The first-order valence-electron chi connectivity index (χ1n) is 5.85. The molecule has 0 atom stereocenters. The van der Waals surface area contributed by atoms with Crippen molar-refractivity contribution < 1.29 is 19.2 Å². The zero-order valence-electron chi connectivity index (χ0n) is 10.9. The van der Waals surface area contributed by atoms with Crippen molar-refractivity contribution in [2.24, 2.45) is 0 Å². The number of halogens is 2. The fourth-order valence-corrected chi connectivity index (χ4v) is 1.94. The van der Waals surface area contributed by atoms with Gasteiger partial charge in [0.05, 0.1) is 5.02 Å². The highest BCUT2D eigenvalue weighted by Gasteiger charge is 2.23. The third-order valence-corrected chi connectivity index (χ3v) is 3.27. The van der Waals surface area contributed by atoms with E-state index in [4.69, 9.17) is 16.3 Å². The molecule has 1 heterocycles. The average Bonchev–Trinajstić information content (AvgIpc) is 2.36. The molecule has 104 valence electrons. The lowest BCUT2D eigenvalue weighted by molar-refractivity contribution is 0.417. The van der Waals surface area contributed by atoms with Crippen LogP contribution in [-0.4, -0.2) is 22.2 Å². The van der Waals surface area contributed by atoms with Gasteiger partial charge in [0.2, 0.25) is 5.88 Å². The molecule has 0 aliphatic heterocycles. The predicted molar refractivity (Wildman–Crippen MR) is 75.0 cm³/mol. The van der Waals surface area contributed by atoms with Gasteiger partial charge in [0.25, 0.3) is 0 Å². The van der Waals surface area contributed by atoms with Gasteiger partial charge in [-0.1, -0.05) is 11.6 Å². The van der Waals surface area contributed by atoms with E-state index in [1.54, 1.807) is 13.8 Å². The molecule has 2 N–H and O–H groups in total. The van der Waals surface area contributed by atoms with Crippen LogP contribution in [-0.2, 0) is 0 Å². The maximum atomic E-state index is 13.0. The van der Waals surface area contributed by atoms with E-state index < -0.39 is 7.12 Å². The second-order valence-electron chi connectivity index (χ2n) is 4.34. The number of benzene rings is 1. The van der Waals surface area contributed by atoms with Crippen LogP contribution in [0.3, 0.4) is 0 Å². The lowest BCUT2D eigenvalue weighted by Gasteiger charge is -2.14. The van der Waals surface area contributed by atoms with Crippen LogP contribution in [0.2, 0.25) is 5.02 Å². The quantitative estimate of drug-likeness (QED) is 0.850. The first kappa shape index (κ1) is 14.8. The molecule has 1 aromatic carbocycles. The summed E-state index contributed by atoms with van der Waals surface area (Å²) >= 11 is 5.90. The fourth-order valence-electron chi connectivity index (χ4n) is 1.79. The molecule has 1 aromatic heterocycles. The summed E-state index contributed by atoms with van der Waals surface area (Å²) in [6, 6.07) is 4.01. The van der Waals surface area contributed by atoms with Crippen LogP contribution in [0.25, 0.3) is 0 Å². The number of aryl methyl sites for hydroxylation is 1. The summed E-state index contributed by atoms with van der Waals surface area (Å²) in [7, 11) is -1.77. The molecule has 0 bridgehead atoms. The zero-order valence-corrected chi connectivity index (χ0v) is 11.6. The van der Waals surface area contributed by atoms with E-state index in [9.17, 15) is 14.4 Å². The lowest BCUT2D eigenvalue weighted by Crippen LogP contribution is -2.34. The summed E-state index contributed by atoms with van der Waals surface area (Å²) in [5.41, 5.74) is 1.12. The van der Waals surface area contributed by atoms with Crippen LogP contribution >= 0.6 is 11.6 Å². The third kappa shape index (κ3) is 2.93. The minimum Gasteiger partial charge on any atom is -0.439 e. The molecular weight excluding hydrogens is 283 g/mol. The molecule has 0 radical (unpaired) electrons. The SMILES string of the molecule is Cc1cc(F)ccc1Oc1ncc(Cl)c(C)c1B(O)O. The van der Waals surface area contributed by atoms with Crippen molar-refractivity contribution in [3.63, 3.8) is 0 Å². The number of aromatic nitrogens is 1. The van der Waals surface area contributed by atoms with Crippen LogP contribution in [0.4, 0.5) is 4.39 Å². The Bertz CT molecular complexity index is 652. The first-order chi connectivity index (χ1) is 9.40. The standard InChI is InChI=1S/C13H12BClFNO3/c1-7-5-9(16)3-4-11(7)20-13-12(14(18)19)8(2)10(15)6-17-13/h3-6,18-19H,1-2H3. The van der Waals surface area contributed by atoms with Gasteiger partial charge in [0.1, 0.15) is 11.6 Å². The Labute approximate surface area is 121 Å². The minimum atomic E-state index is -1.77. The van der Waals surface area contributed by atoms with Crippen molar-refractivity contribution >= 4 is 24.2 Å². The van der Waals surface area contributed by atoms with Gasteiger partial charge >= 0.3 is 7.12 Å². The van der Waals surface area contributed by atoms with E-state index in [1.165, 1.54) is 24.4 Å². The summed E-state index contributed by atoms with van der Waals surface area (Å²) in [5.74, 6) is 0.0247. The molecule has 2 aromatic rings. The fraction of sp³-hybridized carbons (Fsp3) is 0.154. The van der Waals surface area contributed by atoms with E-state index in [1.807, 2.05) is 0 Å². The smallest absolute Gasteiger partial charge is 0.439 e. The van der Waals surface area contributed by atoms with Gasteiger partial charge in [-0.3, -0.25) is 0 Å². The van der Waals surface area contributed by atoms with Crippen LogP contribution in [0.1, 0.15) is 11.1 Å². The van der Waals surface area contributed by atoms with Gasteiger partial charge < -0.3 is 14.8 Å². The van der Waals surface area contributed by atoms with Crippen LogP contribution < -0.4 is 10.2 Å². The Balaban J connectivity index is 2.46. The molecule has 0 fully saturated rings. The maximum Gasteiger partial charge on any atom is 0.494 e. The van der Waals surface area contributed by atoms with Crippen LogP contribution in [0, 0.1) is 19.7 Å². The van der Waals surface area contributed by atoms with E-state index in [0.29, 0.717) is 21.9 Å². The second kappa shape index (κ2) is 5.79. The van der Waals surface area contributed by atoms with Gasteiger partial charge in [-0.15, -0.1) is 0 Å². The molecular formula is C13H12BClFNO3. The average molecular weight is 296 g/mol. The third-order valence-electron chi connectivity index (χ3n) is 2.89. The van der Waals surface area contributed by atoms with Crippen molar-refractivity contribution in [3.05, 3.63) is 46.4 Å².